The normalized spacial score (nSPS) is 11.2. The van der Waals surface area contributed by atoms with E-state index in [2.05, 4.69) is 10.5 Å². The van der Waals surface area contributed by atoms with Crippen LogP contribution >= 0.6 is 34.5 Å². The first-order chi connectivity index (χ1) is 11.5. The molecule has 1 amide bonds. The number of benzene rings is 1. The fourth-order valence-corrected chi connectivity index (χ4v) is 3.58. The van der Waals surface area contributed by atoms with Gasteiger partial charge in [-0.3, -0.25) is 14.9 Å². The summed E-state index contributed by atoms with van der Waals surface area (Å²) in [6.07, 6.45) is 1.16. The van der Waals surface area contributed by atoms with Gasteiger partial charge in [-0.15, -0.1) is 11.3 Å². The fraction of sp³-hybridized carbons (Fsp3) is 0. The van der Waals surface area contributed by atoms with Crippen LogP contribution in [-0.2, 0) is 0 Å². The number of halogens is 2. The third-order valence-corrected chi connectivity index (χ3v) is 4.84. The van der Waals surface area contributed by atoms with Crippen LogP contribution in [0.25, 0.3) is 10.1 Å². The van der Waals surface area contributed by atoms with Crippen LogP contribution in [0.2, 0.25) is 10.0 Å². The molecule has 1 aromatic carbocycles. The number of rotatable bonds is 4. The van der Waals surface area contributed by atoms with Crippen molar-refractivity contribution >= 4 is 62.6 Å². The minimum absolute atomic E-state index is 0.135. The third kappa shape index (κ3) is 3.25. The maximum atomic E-state index is 12.2. The molecule has 0 radical (unpaired) electrons. The molecule has 3 aromatic rings. The van der Waals surface area contributed by atoms with E-state index in [-0.39, 0.29) is 10.6 Å². The summed E-state index contributed by atoms with van der Waals surface area (Å²) in [4.78, 5) is 22.3. The predicted octanol–water partition coefficient (Wildman–Crippen LogP) is 4.47. The molecule has 0 aliphatic rings. The van der Waals surface area contributed by atoms with Crippen LogP contribution in [0.1, 0.15) is 15.4 Å². The zero-order valence-corrected chi connectivity index (χ0v) is 14.0. The van der Waals surface area contributed by atoms with Gasteiger partial charge in [0.1, 0.15) is 9.80 Å². The number of hydrogen-bond donors (Lipinski definition) is 1. The van der Waals surface area contributed by atoms with Crippen LogP contribution in [0.4, 0.5) is 5.88 Å². The molecule has 1 N–H and O–H groups in total. The molecule has 0 aliphatic heterocycles. The number of amides is 1. The van der Waals surface area contributed by atoms with Crippen molar-refractivity contribution in [2.75, 3.05) is 0 Å². The number of hydrazone groups is 1. The number of fused-ring (bicyclic) bond motifs is 1. The maximum Gasteiger partial charge on any atom is 0.433 e. The molecular weight excluding hydrogens is 377 g/mol. The lowest BCUT2D eigenvalue weighted by Gasteiger charge is -1.96. The molecule has 24 heavy (non-hydrogen) atoms. The van der Waals surface area contributed by atoms with Crippen molar-refractivity contribution in [3.63, 3.8) is 0 Å². The Morgan fingerprint density at radius 2 is 2.12 bits per heavy atom. The Morgan fingerprint density at radius 1 is 1.33 bits per heavy atom. The van der Waals surface area contributed by atoms with E-state index in [9.17, 15) is 14.9 Å². The molecule has 0 spiro atoms. The molecule has 2 aromatic heterocycles. The second kappa shape index (κ2) is 6.60. The number of hydrogen-bond acceptors (Lipinski definition) is 6. The summed E-state index contributed by atoms with van der Waals surface area (Å²) in [6, 6.07) is 7.69. The van der Waals surface area contributed by atoms with Crippen LogP contribution in [0.5, 0.6) is 0 Å². The van der Waals surface area contributed by atoms with Gasteiger partial charge >= 0.3 is 5.88 Å². The van der Waals surface area contributed by atoms with E-state index in [0.717, 1.165) is 16.3 Å². The molecule has 0 saturated heterocycles. The van der Waals surface area contributed by atoms with Crippen LogP contribution in [0, 0.1) is 10.1 Å². The number of furan rings is 1. The highest BCUT2D eigenvalue weighted by Crippen LogP contribution is 2.36. The molecule has 10 heteroatoms. The van der Waals surface area contributed by atoms with E-state index in [4.69, 9.17) is 27.6 Å². The molecule has 0 aliphatic carbocycles. The molecule has 0 saturated carbocycles. The first-order valence-electron chi connectivity index (χ1n) is 6.41. The molecule has 122 valence electrons. The minimum atomic E-state index is -0.669. The van der Waals surface area contributed by atoms with Crippen molar-refractivity contribution in [2.24, 2.45) is 5.10 Å². The quantitative estimate of drug-likeness (QED) is 0.408. The number of nitrogens with zero attached hydrogens (tertiary/aromatic N) is 2. The Balaban J connectivity index is 1.76. The number of thiophene rings is 1. The first-order valence-corrected chi connectivity index (χ1v) is 7.98. The SMILES string of the molecule is O=C(NN=Cc1ccc([N+](=O)[O-])o1)c1sc2cc(Cl)ccc2c1Cl. The summed E-state index contributed by atoms with van der Waals surface area (Å²) in [7, 11) is 0. The van der Waals surface area contributed by atoms with Crippen molar-refractivity contribution in [1.82, 2.24) is 5.43 Å². The van der Waals surface area contributed by atoms with Crippen molar-refractivity contribution in [1.29, 1.82) is 0 Å². The number of nitrogens with one attached hydrogen (secondary N) is 1. The lowest BCUT2D eigenvalue weighted by atomic mass is 10.2. The molecule has 7 nitrogen and oxygen atoms in total. The Morgan fingerprint density at radius 3 is 2.83 bits per heavy atom. The Bertz CT molecular complexity index is 980. The van der Waals surface area contributed by atoms with E-state index < -0.39 is 16.7 Å². The van der Waals surface area contributed by atoms with E-state index in [1.54, 1.807) is 18.2 Å². The molecule has 0 fully saturated rings. The molecule has 2 heterocycles. The average Bonchev–Trinajstić information content (AvgIpc) is 3.12. The molecule has 0 unspecified atom stereocenters. The standard InChI is InChI=1S/C14H7Cl2N3O4S/c15-7-1-3-9-10(5-7)24-13(12(9)16)14(20)18-17-6-8-2-4-11(23-8)19(21)22/h1-6H,(H,18,20). The maximum absolute atomic E-state index is 12.2. The number of carbonyl (C=O) groups excluding carboxylic acids is 1. The Hall–Kier alpha value is -2.42. The first kappa shape index (κ1) is 16.4. The minimum Gasteiger partial charge on any atom is -0.400 e. The molecular formula is C14H7Cl2N3O4S. The highest BCUT2D eigenvalue weighted by molar-refractivity contribution is 7.21. The van der Waals surface area contributed by atoms with E-state index in [1.165, 1.54) is 23.5 Å². The topological polar surface area (TPSA) is 97.7 Å². The average molecular weight is 384 g/mol. The largest absolute Gasteiger partial charge is 0.433 e. The van der Waals surface area contributed by atoms with Gasteiger partial charge in [-0.25, -0.2) is 5.43 Å². The summed E-state index contributed by atoms with van der Waals surface area (Å²) in [5.41, 5.74) is 2.30. The predicted molar refractivity (Wildman–Crippen MR) is 92.3 cm³/mol. The van der Waals surface area contributed by atoms with Gasteiger partial charge in [0.25, 0.3) is 5.91 Å². The highest BCUT2D eigenvalue weighted by atomic mass is 35.5. The van der Waals surface area contributed by atoms with E-state index in [0.29, 0.717) is 10.0 Å². The van der Waals surface area contributed by atoms with Crippen LogP contribution in [0.3, 0.4) is 0 Å². The van der Waals surface area contributed by atoms with Gasteiger partial charge in [-0.2, -0.15) is 5.10 Å². The fourth-order valence-electron chi connectivity index (χ4n) is 1.90. The highest BCUT2D eigenvalue weighted by Gasteiger charge is 2.17. The summed E-state index contributed by atoms with van der Waals surface area (Å²) < 4.78 is 5.66. The second-order valence-electron chi connectivity index (χ2n) is 4.52. The molecule has 0 atom stereocenters. The van der Waals surface area contributed by atoms with Gasteiger partial charge in [0.15, 0.2) is 5.76 Å². The van der Waals surface area contributed by atoms with Gasteiger partial charge in [-0.1, -0.05) is 29.3 Å². The van der Waals surface area contributed by atoms with E-state index >= 15 is 0 Å². The van der Waals surface area contributed by atoms with Gasteiger partial charge in [0.2, 0.25) is 0 Å². The zero-order chi connectivity index (χ0) is 17.3. The monoisotopic (exact) mass is 383 g/mol. The third-order valence-electron chi connectivity index (χ3n) is 2.95. The molecule has 3 rings (SSSR count). The lowest BCUT2D eigenvalue weighted by Crippen LogP contribution is -2.16. The van der Waals surface area contributed by atoms with Gasteiger partial charge < -0.3 is 4.42 Å². The van der Waals surface area contributed by atoms with E-state index in [1.807, 2.05) is 0 Å². The second-order valence-corrected chi connectivity index (χ2v) is 6.38. The molecule has 0 bridgehead atoms. The summed E-state index contributed by atoms with van der Waals surface area (Å²) in [5.74, 6) is -0.780. The van der Waals surface area contributed by atoms with Gasteiger partial charge in [-0.05, 0) is 18.2 Å². The summed E-state index contributed by atoms with van der Waals surface area (Å²) in [6.45, 7) is 0. The van der Waals surface area contributed by atoms with Gasteiger partial charge in [0.05, 0.1) is 17.3 Å². The number of nitro groups is 1. The smallest absolute Gasteiger partial charge is 0.400 e. The summed E-state index contributed by atoms with van der Waals surface area (Å²) >= 11 is 13.3. The van der Waals surface area contributed by atoms with Crippen molar-refractivity contribution < 1.29 is 14.1 Å². The Labute approximate surface area is 148 Å². The van der Waals surface area contributed by atoms with Crippen LogP contribution in [-0.4, -0.2) is 17.0 Å². The Kier molecular flexibility index (Phi) is 4.52. The van der Waals surface area contributed by atoms with Crippen molar-refractivity contribution in [3.8, 4) is 0 Å². The van der Waals surface area contributed by atoms with Gasteiger partial charge in [0, 0.05) is 15.1 Å². The zero-order valence-electron chi connectivity index (χ0n) is 11.7. The summed E-state index contributed by atoms with van der Waals surface area (Å²) in [5, 5.41) is 15.8. The number of carbonyl (C=O) groups is 1. The van der Waals surface area contributed by atoms with Crippen LogP contribution < -0.4 is 5.43 Å². The van der Waals surface area contributed by atoms with Crippen LogP contribution in [0.15, 0.2) is 39.9 Å². The van der Waals surface area contributed by atoms with Crippen molar-refractivity contribution in [3.05, 3.63) is 61.1 Å². The lowest BCUT2D eigenvalue weighted by molar-refractivity contribution is -0.402. The van der Waals surface area contributed by atoms with Crippen molar-refractivity contribution in [2.45, 2.75) is 0 Å².